The Balaban J connectivity index is 3.42. The maximum Gasteiger partial charge on any atom is 0.0895 e. The second kappa shape index (κ2) is 11.3. The Labute approximate surface area is 105 Å². The van der Waals surface area contributed by atoms with Crippen LogP contribution in [-0.4, -0.2) is 37.2 Å². The quantitative estimate of drug-likeness (QED) is 0.458. The minimum atomic E-state index is 0.285. The van der Waals surface area contributed by atoms with Crippen LogP contribution in [0.15, 0.2) is 20.0 Å². The molecule has 0 heterocycles. The van der Waals surface area contributed by atoms with E-state index in [1.165, 1.54) is 0 Å². The zero-order chi connectivity index (χ0) is 12.9. The van der Waals surface area contributed by atoms with Gasteiger partial charge in [-0.25, -0.2) is 20.0 Å². The zero-order valence-electron chi connectivity index (χ0n) is 11.5. The Morgan fingerprint density at radius 2 is 1.12 bits per heavy atom. The lowest BCUT2D eigenvalue weighted by Gasteiger charge is -1.93. The molecule has 4 heteroatoms. The van der Waals surface area contributed by atoms with Crippen molar-refractivity contribution in [3.8, 4) is 0 Å². The van der Waals surface area contributed by atoms with Crippen LogP contribution >= 0.6 is 0 Å². The first-order valence-corrected chi connectivity index (χ1v) is 6.35. The van der Waals surface area contributed by atoms with E-state index in [1.807, 2.05) is 27.7 Å². The molecule has 0 atom stereocenters. The van der Waals surface area contributed by atoms with Crippen molar-refractivity contribution in [1.29, 1.82) is 0 Å². The molecule has 0 saturated carbocycles. The summed E-state index contributed by atoms with van der Waals surface area (Å²) in [5.74, 6) is 0. The molecule has 96 valence electrons. The van der Waals surface area contributed by atoms with E-state index in [0.717, 1.165) is 32.4 Å². The summed E-state index contributed by atoms with van der Waals surface area (Å²) in [4.78, 5) is 16.3. The molecule has 0 aliphatic carbocycles. The minimum Gasteiger partial charge on any atom is -0.226 e. The van der Waals surface area contributed by atoms with Gasteiger partial charge in [-0.05, 0) is 47.0 Å². The molecule has 0 bridgehead atoms. The fraction of sp³-hybridized carbons (Fsp3) is 0.846. The van der Waals surface area contributed by atoms with Crippen LogP contribution in [0.1, 0.15) is 47.0 Å². The molecule has 0 spiro atoms. The Bertz CT molecular complexity index is 263. The molecular weight excluding hydrogens is 212 g/mol. The van der Waals surface area contributed by atoms with Crippen LogP contribution in [0.3, 0.4) is 0 Å². The number of rotatable bonds is 8. The minimum absolute atomic E-state index is 0.285. The van der Waals surface area contributed by atoms with Gasteiger partial charge in [0, 0.05) is 13.1 Å². The summed E-state index contributed by atoms with van der Waals surface area (Å²) >= 11 is 0. The van der Waals surface area contributed by atoms with Gasteiger partial charge in [-0.15, -0.1) is 0 Å². The molecule has 0 aliphatic heterocycles. The van der Waals surface area contributed by atoms with E-state index >= 15 is 0 Å². The number of aliphatic imine (C=N–C) groups is 4. The topological polar surface area (TPSA) is 49.4 Å². The first-order chi connectivity index (χ1) is 8.13. The van der Waals surface area contributed by atoms with Gasteiger partial charge in [-0.3, -0.25) is 0 Å². The summed E-state index contributed by atoms with van der Waals surface area (Å²) in [6.07, 6.45) is 3.26. The largest absolute Gasteiger partial charge is 0.226 e. The fourth-order valence-corrected chi connectivity index (χ4v) is 0.971. The Morgan fingerprint density at radius 3 is 1.47 bits per heavy atom. The normalized spacial score (nSPS) is 9.76. The molecule has 0 unspecified atom stereocenters. The number of unbranched alkanes of at least 4 members (excludes halogenated alkanes) is 2. The van der Waals surface area contributed by atoms with Gasteiger partial charge in [0.25, 0.3) is 0 Å². The van der Waals surface area contributed by atoms with Crippen molar-refractivity contribution in [1.82, 2.24) is 0 Å². The van der Waals surface area contributed by atoms with Gasteiger partial charge in [0.05, 0.1) is 24.1 Å². The zero-order valence-corrected chi connectivity index (χ0v) is 11.5. The summed E-state index contributed by atoms with van der Waals surface area (Å²) in [6.45, 7) is 9.66. The third-order valence-electron chi connectivity index (χ3n) is 1.81. The van der Waals surface area contributed by atoms with Crippen LogP contribution in [-0.2, 0) is 0 Å². The lowest BCUT2D eigenvalue weighted by Crippen LogP contribution is -1.88. The van der Waals surface area contributed by atoms with Crippen molar-refractivity contribution in [2.24, 2.45) is 20.0 Å². The van der Waals surface area contributed by atoms with Crippen molar-refractivity contribution in [2.75, 3.05) is 13.1 Å². The standard InChI is InChI=1S/C13H24N4/c1-12(2)16-10-14-8-6-5-7-9-15-11-17-13(3)4/h12-13H,5-9H2,1-4H3. The van der Waals surface area contributed by atoms with Crippen LogP contribution < -0.4 is 0 Å². The smallest absolute Gasteiger partial charge is 0.0895 e. The van der Waals surface area contributed by atoms with Gasteiger partial charge in [0.2, 0.25) is 0 Å². The number of hydrogen-bond acceptors (Lipinski definition) is 4. The first-order valence-electron chi connectivity index (χ1n) is 6.35. The van der Waals surface area contributed by atoms with Crippen molar-refractivity contribution in [2.45, 2.75) is 59.0 Å². The molecule has 17 heavy (non-hydrogen) atoms. The highest BCUT2D eigenvalue weighted by molar-refractivity contribution is 5.41. The van der Waals surface area contributed by atoms with E-state index in [-0.39, 0.29) is 12.1 Å². The van der Waals surface area contributed by atoms with Crippen LogP contribution in [0.25, 0.3) is 0 Å². The van der Waals surface area contributed by atoms with E-state index in [2.05, 4.69) is 32.0 Å². The monoisotopic (exact) mass is 236 g/mol. The van der Waals surface area contributed by atoms with Crippen LogP contribution in [0.2, 0.25) is 0 Å². The predicted octanol–water partition coefficient (Wildman–Crippen LogP) is 3.32. The van der Waals surface area contributed by atoms with Crippen LogP contribution in [0, 0.1) is 0 Å². The Hall–Kier alpha value is -1.24. The van der Waals surface area contributed by atoms with Gasteiger partial charge < -0.3 is 0 Å². The van der Waals surface area contributed by atoms with E-state index in [1.54, 1.807) is 0 Å². The van der Waals surface area contributed by atoms with E-state index in [0.29, 0.717) is 0 Å². The van der Waals surface area contributed by atoms with Gasteiger partial charge in [0.1, 0.15) is 0 Å². The molecule has 0 saturated heterocycles. The van der Waals surface area contributed by atoms with Crippen molar-refractivity contribution in [3.05, 3.63) is 0 Å². The molecule has 0 aromatic rings. The molecule has 0 N–H and O–H groups in total. The second-order valence-corrected chi connectivity index (χ2v) is 4.47. The van der Waals surface area contributed by atoms with E-state index < -0.39 is 0 Å². The predicted molar refractivity (Wildman–Crippen MR) is 73.6 cm³/mol. The molecule has 0 aliphatic rings. The average Bonchev–Trinajstić information content (AvgIpc) is 2.25. The third-order valence-corrected chi connectivity index (χ3v) is 1.81. The van der Waals surface area contributed by atoms with E-state index in [4.69, 9.17) is 0 Å². The second-order valence-electron chi connectivity index (χ2n) is 4.47. The first kappa shape index (κ1) is 15.8. The SMILES string of the molecule is CC(C)N=C=NCCCCCN=C=NC(C)C. The molecule has 0 aromatic heterocycles. The molecular formula is C13H24N4. The van der Waals surface area contributed by atoms with Crippen molar-refractivity contribution >= 4 is 12.0 Å². The summed E-state index contributed by atoms with van der Waals surface area (Å²) in [7, 11) is 0. The molecule has 0 aromatic carbocycles. The van der Waals surface area contributed by atoms with Gasteiger partial charge in [-0.1, -0.05) is 0 Å². The maximum absolute atomic E-state index is 4.09. The lowest BCUT2D eigenvalue weighted by molar-refractivity contribution is 0.697. The Morgan fingerprint density at radius 1 is 0.706 bits per heavy atom. The van der Waals surface area contributed by atoms with Crippen molar-refractivity contribution < 1.29 is 0 Å². The average molecular weight is 236 g/mol. The van der Waals surface area contributed by atoms with Crippen LogP contribution in [0.4, 0.5) is 0 Å². The molecule has 0 radical (unpaired) electrons. The van der Waals surface area contributed by atoms with Gasteiger partial charge in [0.15, 0.2) is 0 Å². The van der Waals surface area contributed by atoms with Crippen LogP contribution in [0.5, 0.6) is 0 Å². The Kier molecular flexibility index (Phi) is 10.4. The highest BCUT2D eigenvalue weighted by Gasteiger charge is 1.87. The maximum atomic E-state index is 4.09. The molecule has 0 fully saturated rings. The molecule has 4 nitrogen and oxygen atoms in total. The lowest BCUT2D eigenvalue weighted by atomic mass is 10.2. The number of nitrogens with zero attached hydrogens (tertiary/aromatic N) is 4. The summed E-state index contributed by atoms with van der Waals surface area (Å²) in [6, 6.07) is 5.99. The highest BCUT2D eigenvalue weighted by Crippen LogP contribution is 1.95. The molecule has 0 amide bonds. The highest BCUT2D eigenvalue weighted by atomic mass is 14.8. The number of hydrogen-bond donors (Lipinski definition) is 0. The van der Waals surface area contributed by atoms with Crippen molar-refractivity contribution in [3.63, 3.8) is 0 Å². The molecule has 0 rings (SSSR count). The van der Waals surface area contributed by atoms with Gasteiger partial charge in [-0.2, -0.15) is 0 Å². The van der Waals surface area contributed by atoms with E-state index in [9.17, 15) is 0 Å². The summed E-state index contributed by atoms with van der Waals surface area (Å²) in [5, 5.41) is 0. The fourth-order valence-electron chi connectivity index (χ4n) is 0.971. The summed E-state index contributed by atoms with van der Waals surface area (Å²) in [5.41, 5.74) is 0. The van der Waals surface area contributed by atoms with Gasteiger partial charge >= 0.3 is 0 Å². The third kappa shape index (κ3) is 14.8. The summed E-state index contributed by atoms with van der Waals surface area (Å²) < 4.78 is 0.